The lowest BCUT2D eigenvalue weighted by Gasteiger charge is -2.38. The van der Waals surface area contributed by atoms with Crippen LogP contribution in [0, 0.1) is 11.6 Å². The number of nitrogens with two attached hydrogens (primary N) is 1. The number of carbonyl (C=O) groups excluding carboxylic acids is 1. The zero-order valence-electron chi connectivity index (χ0n) is 11.3. The molecule has 0 spiro atoms. The fourth-order valence-corrected chi connectivity index (χ4v) is 2.57. The van der Waals surface area contributed by atoms with E-state index in [1.165, 1.54) is 6.07 Å². The fourth-order valence-electron chi connectivity index (χ4n) is 2.57. The quantitative estimate of drug-likeness (QED) is 0.913. The Morgan fingerprint density at radius 3 is 2.70 bits per heavy atom. The third kappa shape index (κ3) is 3.46. The van der Waals surface area contributed by atoms with Crippen LogP contribution < -0.4 is 5.73 Å². The number of hydrogen-bond acceptors (Lipinski definition) is 2. The van der Waals surface area contributed by atoms with Gasteiger partial charge in [-0.2, -0.15) is 0 Å². The van der Waals surface area contributed by atoms with E-state index < -0.39 is 17.5 Å². The molecule has 0 aliphatic carbocycles. The van der Waals surface area contributed by atoms with Crippen LogP contribution in [0.4, 0.5) is 8.78 Å². The van der Waals surface area contributed by atoms with E-state index in [1.54, 1.807) is 4.90 Å². The van der Waals surface area contributed by atoms with Crippen LogP contribution in [0.15, 0.2) is 18.2 Å². The van der Waals surface area contributed by atoms with E-state index in [0.29, 0.717) is 6.54 Å². The van der Waals surface area contributed by atoms with Crippen LogP contribution >= 0.6 is 12.4 Å². The summed E-state index contributed by atoms with van der Waals surface area (Å²) in [5.41, 5.74) is 5.80. The smallest absolute Gasteiger partial charge is 0.257 e. The van der Waals surface area contributed by atoms with Crippen LogP contribution in [0.1, 0.15) is 36.5 Å². The molecule has 0 bridgehead atoms. The Bertz CT molecular complexity index is 482. The summed E-state index contributed by atoms with van der Waals surface area (Å²) in [6.07, 6.45) is 2.73. The van der Waals surface area contributed by atoms with Crippen molar-refractivity contribution in [1.29, 1.82) is 0 Å². The van der Waals surface area contributed by atoms with Crippen molar-refractivity contribution in [2.75, 3.05) is 6.54 Å². The molecule has 20 heavy (non-hydrogen) atoms. The number of halogens is 3. The van der Waals surface area contributed by atoms with E-state index in [0.717, 1.165) is 31.4 Å². The molecule has 2 atom stereocenters. The molecule has 1 aliphatic rings. The normalized spacial score (nSPS) is 20.2. The molecule has 1 aromatic rings. The lowest BCUT2D eigenvalue weighted by Crippen LogP contribution is -2.51. The van der Waals surface area contributed by atoms with Gasteiger partial charge in [0.15, 0.2) is 0 Å². The van der Waals surface area contributed by atoms with Crippen LogP contribution in [-0.4, -0.2) is 29.4 Å². The SMILES string of the molecule is CC(N)C1CCCCN1C(=O)c1ccc(F)cc1F.Cl. The van der Waals surface area contributed by atoms with Crippen LogP contribution in [0.2, 0.25) is 0 Å². The molecule has 0 saturated carbocycles. The van der Waals surface area contributed by atoms with Gasteiger partial charge in [0.25, 0.3) is 5.91 Å². The van der Waals surface area contributed by atoms with Crippen molar-refractivity contribution in [3.8, 4) is 0 Å². The Labute approximate surface area is 123 Å². The maximum Gasteiger partial charge on any atom is 0.257 e. The Hall–Kier alpha value is -1.20. The van der Waals surface area contributed by atoms with Crippen LogP contribution in [0.3, 0.4) is 0 Å². The Morgan fingerprint density at radius 2 is 2.10 bits per heavy atom. The molecule has 2 rings (SSSR count). The minimum Gasteiger partial charge on any atom is -0.334 e. The molecule has 1 heterocycles. The summed E-state index contributed by atoms with van der Waals surface area (Å²) in [4.78, 5) is 14.0. The highest BCUT2D eigenvalue weighted by Gasteiger charge is 2.30. The molecule has 1 aromatic carbocycles. The molecule has 1 saturated heterocycles. The number of nitrogens with zero attached hydrogens (tertiary/aromatic N) is 1. The van der Waals surface area contributed by atoms with E-state index in [9.17, 15) is 13.6 Å². The summed E-state index contributed by atoms with van der Waals surface area (Å²) >= 11 is 0. The fraction of sp³-hybridized carbons (Fsp3) is 0.500. The average Bonchev–Trinajstić information content (AvgIpc) is 2.38. The van der Waals surface area contributed by atoms with Gasteiger partial charge in [0, 0.05) is 24.7 Å². The number of hydrogen-bond donors (Lipinski definition) is 1. The summed E-state index contributed by atoms with van der Waals surface area (Å²) < 4.78 is 26.5. The number of carbonyl (C=O) groups is 1. The zero-order chi connectivity index (χ0) is 14.0. The molecule has 2 N–H and O–H groups in total. The van der Waals surface area contributed by atoms with Gasteiger partial charge in [-0.15, -0.1) is 12.4 Å². The van der Waals surface area contributed by atoms with Gasteiger partial charge < -0.3 is 10.6 Å². The largest absolute Gasteiger partial charge is 0.334 e. The van der Waals surface area contributed by atoms with Crippen molar-refractivity contribution in [2.24, 2.45) is 5.73 Å². The molecule has 1 fully saturated rings. The van der Waals surface area contributed by atoms with Gasteiger partial charge in [-0.05, 0) is 38.3 Å². The van der Waals surface area contributed by atoms with Gasteiger partial charge in [-0.1, -0.05) is 0 Å². The third-order valence-electron chi connectivity index (χ3n) is 3.58. The number of amides is 1. The molecule has 0 aromatic heterocycles. The highest BCUT2D eigenvalue weighted by molar-refractivity contribution is 5.94. The van der Waals surface area contributed by atoms with Gasteiger partial charge in [0.2, 0.25) is 0 Å². The Balaban J connectivity index is 0.00000200. The molecule has 0 radical (unpaired) electrons. The maximum absolute atomic E-state index is 13.7. The first kappa shape index (κ1) is 16.9. The summed E-state index contributed by atoms with van der Waals surface area (Å²) in [5, 5.41) is 0. The first-order valence-corrected chi connectivity index (χ1v) is 6.52. The van der Waals surface area contributed by atoms with Gasteiger partial charge in [0.1, 0.15) is 11.6 Å². The van der Waals surface area contributed by atoms with Crippen LogP contribution in [-0.2, 0) is 0 Å². The number of likely N-dealkylation sites (tertiary alicyclic amines) is 1. The average molecular weight is 305 g/mol. The van der Waals surface area contributed by atoms with Crippen molar-refractivity contribution >= 4 is 18.3 Å². The number of benzene rings is 1. The molecular weight excluding hydrogens is 286 g/mol. The second-order valence-corrected chi connectivity index (χ2v) is 5.04. The molecule has 1 amide bonds. The van der Waals surface area contributed by atoms with Gasteiger partial charge in [0.05, 0.1) is 5.56 Å². The summed E-state index contributed by atoms with van der Waals surface area (Å²) in [7, 11) is 0. The Morgan fingerprint density at radius 1 is 1.40 bits per heavy atom. The summed E-state index contributed by atoms with van der Waals surface area (Å²) in [6.45, 7) is 2.42. The molecule has 3 nitrogen and oxygen atoms in total. The maximum atomic E-state index is 13.7. The van der Waals surface area contributed by atoms with Crippen molar-refractivity contribution in [3.05, 3.63) is 35.4 Å². The van der Waals surface area contributed by atoms with E-state index in [1.807, 2.05) is 6.92 Å². The monoisotopic (exact) mass is 304 g/mol. The third-order valence-corrected chi connectivity index (χ3v) is 3.58. The standard InChI is InChI=1S/C14H18F2N2O.ClH/c1-9(17)13-4-2-3-7-18(13)14(19)11-6-5-10(15)8-12(11)16;/h5-6,8-9,13H,2-4,7,17H2,1H3;1H. The molecule has 2 unspecified atom stereocenters. The van der Waals surface area contributed by atoms with Gasteiger partial charge in [-0.25, -0.2) is 8.78 Å². The van der Waals surface area contributed by atoms with E-state index in [4.69, 9.17) is 5.73 Å². The molecular formula is C14H19ClF2N2O. The van der Waals surface area contributed by atoms with Crippen molar-refractivity contribution in [2.45, 2.75) is 38.3 Å². The van der Waals surface area contributed by atoms with Crippen LogP contribution in [0.25, 0.3) is 0 Å². The predicted octanol–water partition coefficient (Wildman–Crippen LogP) is 2.73. The number of rotatable bonds is 2. The van der Waals surface area contributed by atoms with Gasteiger partial charge in [-0.3, -0.25) is 4.79 Å². The zero-order valence-corrected chi connectivity index (χ0v) is 12.1. The highest BCUT2D eigenvalue weighted by Crippen LogP contribution is 2.22. The second-order valence-electron chi connectivity index (χ2n) is 5.04. The number of piperidine rings is 1. The van der Waals surface area contributed by atoms with E-state index >= 15 is 0 Å². The van der Waals surface area contributed by atoms with E-state index in [2.05, 4.69) is 0 Å². The van der Waals surface area contributed by atoms with Crippen molar-refractivity contribution in [1.82, 2.24) is 4.90 Å². The second kappa shape index (κ2) is 6.99. The highest BCUT2D eigenvalue weighted by atomic mass is 35.5. The molecule has 6 heteroatoms. The Kier molecular flexibility index (Phi) is 5.89. The summed E-state index contributed by atoms with van der Waals surface area (Å²) in [5.74, 6) is -1.91. The molecule has 112 valence electrons. The lowest BCUT2D eigenvalue weighted by molar-refractivity contribution is 0.0579. The van der Waals surface area contributed by atoms with Gasteiger partial charge >= 0.3 is 0 Å². The minimum atomic E-state index is -0.820. The minimum absolute atomic E-state index is 0. The van der Waals surface area contributed by atoms with Crippen LogP contribution in [0.5, 0.6) is 0 Å². The molecule has 1 aliphatic heterocycles. The topological polar surface area (TPSA) is 46.3 Å². The van der Waals surface area contributed by atoms with E-state index in [-0.39, 0.29) is 30.1 Å². The summed E-state index contributed by atoms with van der Waals surface area (Å²) in [6, 6.07) is 2.79. The van der Waals surface area contributed by atoms with Crippen molar-refractivity contribution in [3.63, 3.8) is 0 Å². The first-order chi connectivity index (χ1) is 9.00. The first-order valence-electron chi connectivity index (χ1n) is 6.52. The van der Waals surface area contributed by atoms with Crippen molar-refractivity contribution < 1.29 is 13.6 Å². The predicted molar refractivity (Wildman–Crippen MR) is 75.9 cm³/mol. The lowest BCUT2D eigenvalue weighted by atomic mass is 9.96.